The smallest absolute Gasteiger partial charge is 0.178 e. The van der Waals surface area contributed by atoms with E-state index in [0.717, 1.165) is 5.56 Å². The second-order valence-electron chi connectivity index (χ2n) is 3.63. The molecule has 96 valence electrons. The predicted molar refractivity (Wildman–Crippen MR) is 69.3 cm³/mol. The Kier molecular flexibility index (Phi) is 5.08. The Morgan fingerprint density at radius 3 is 2.18 bits per heavy atom. The zero-order valence-corrected chi connectivity index (χ0v) is 12.0. The van der Waals surface area contributed by atoms with Gasteiger partial charge >= 0.3 is 0 Å². The molecule has 0 bridgehead atoms. The SMILES string of the molecule is COc1cc(C(C)CO)c(OC)c(Br)c1OC. The second-order valence-corrected chi connectivity index (χ2v) is 4.43. The van der Waals surface area contributed by atoms with Gasteiger partial charge in [0.25, 0.3) is 0 Å². The van der Waals surface area contributed by atoms with Crippen molar-refractivity contribution in [3.05, 3.63) is 16.1 Å². The maximum absolute atomic E-state index is 9.25. The van der Waals surface area contributed by atoms with Crippen molar-refractivity contribution in [1.82, 2.24) is 0 Å². The molecular weight excluding hydrogens is 288 g/mol. The highest BCUT2D eigenvalue weighted by Gasteiger charge is 2.21. The lowest BCUT2D eigenvalue weighted by atomic mass is 10.0. The molecule has 5 heteroatoms. The summed E-state index contributed by atoms with van der Waals surface area (Å²) in [4.78, 5) is 0. The first-order chi connectivity index (χ1) is 8.10. The largest absolute Gasteiger partial charge is 0.495 e. The number of aliphatic hydroxyl groups excluding tert-OH is 1. The molecule has 4 nitrogen and oxygen atoms in total. The van der Waals surface area contributed by atoms with Gasteiger partial charge in [0.15, 0.2) is 11.5 Å². The summed E-state index contributed by atoms with van der Waals surface area (Å²) < 4.78 is 16.6. The molecule has 0 spiro atoms. The Balaban J connectivity index is 3.45. The van der Waals surface area contributed by atoms with Crippen LogP contribution in [0.5, 0.6) is 17.2 Å². The van der Waals surface area contributed by atoms with Crippen molar-refractivity contribution in [3.8, 4) is 17.2 Å². The van der Waals surface area contributed by atoms with Gasteiger partial charge in [-0.3, -0.25) is 0 Å². The van der Waals surface area contributed by atoms with Crippen LogP contribution in [0.1, 0.15) is 18.4 Å². The summed E-state index contributed by atoms with van der Waals surface area (Å²) in [6, 6.07) is 1.82. The zero-order chi connectivity index (χ0) is 13.0. The van der Waals surface area contributed by atoms with Gasteiger partial charge in [-0.05, 0) is 22.0 Å². The molecule has 1 rings (SSSR count). The van der Waals surface area contributed by atoms with E-state index in [2.05, 4.69) is 15.9 Å². The van der Waals surface area contributed by atoms with Crippen molar-refractivity contribution in [2.45, 2.75) is 12.8 Å². The number of rotatable bonds is 5. The standard InChI is InChI=1S/C12H17BrO4/c1-7(6-14)8-5-9(15-2)12(17-4)10(13)11(8)16-3/h5,7,14H,6H2,1-4H3. The normalized spacial score (nSPS) is 12.1. The van der Waals surface area contributed by atoms with E-state index < -0.39 is 0 Å². The van der Waals surface area contributed by atoms with E-state index in [0.29, 0.717) is 21.7 Å². The monoisotopic (exact) mass is 304 g/mol. The molecule has 0 amide bonds. The van der Waals surface area contributed by atoms with Crippen LogP contribution in [0.3, 0.4) is 0 Å². The van der Waals surface area contributed by atoms with Crippen molar-refractivity contribution in [2.75, 3.05) is 27.9 Å². The average Bonchev–Trinajstić information content (AvgIpc) is 2.36. The number of hydrogen-bond acceptors (Lipinski definition) is 4. The quantitative estimate of drug-likeness (QED) is 0.908. The number of ether oxygens (including phenoxy) is 3. The van der Waals surface area contributed by atoms with Crippen LogP contribution >= 0.6 is 15.9 Å². The Morgan fingerprint density at radius 2 is 1.76 bits per heavy atom. The minimum absolute atomic E-state index is 0.0400. The van der Waals surface area contributed by atoms with E-state index in [1.54, 1.807) is 21.3 Å². The molecule has 0 saturated carbocycles. The van der Waals surface area contributed by atoms with Crippen molar-refractivity contribution in [3.63, 3.8) is 0 Å². The van der Waals surface area contributed by atoms with Crippen molar-refractivity contribution < 1.29 is 19.3 Å². The van der Waals surface area contributed by atoms with Crippen LogP contribution in [0, 0.1) is 0 Å². The fraction of sp³-hybridized carbons (Fsp3) is 0.500. The zero-order valence-electron chi connectivity index (χ0n) is 10.4. The van der Waals surface area contributed by atoms with E-state index in [1.165, 1.54) is 0 Å². The van der Waals surface area contributed by atoms with E-state index in [-0.39, 0.29) is 12.5 Å². The number of benzene rings is 1. The summed E-state index contributed by atoms with van der Waals surface area (Å²) in [5.74, 6) is 1.80. The van der Waals surface area contributed by atoms with Crippen molar-refractivity contribution in [1.29, 1.82) is 0 Å². The first kappa shape index (κ1) is 14.1. The van der Waals surface area contributed by atoms with Crippen molar-refractivity contribution >= 4 is 15.9 Å². The highest BCUT2D eigenvalue weighted by Crippen LogP contribution is 2.46. The fourth-order valence-electron chi connectivity index (χ4n) is 1.62. The molecule has 0 aliphatic rings. The van der Waals surface area contributed by atoms with Gasteiger partial charge in [-0.1, -0.05) is 6.92 Å². The Labute approximate surface area is 110 Å². The first-order valence-electron chi connectivity index (χ1n) is 5.19. The summed E-state index contributed by atoms with van der Waals surface area (Å²) in [5, 5.41) is 9.25. The summed E-state index contributed by atoms with van der Waals surface area (Å²) in [6.07, 6.45) is 0. The first-order valence-corrected chi connectivity index (χ1v) is 5.99. The van der Waals surface area contributed by atoms with Gasteiger partial charge in [-0.15, -0.1) is 0 Å². The van der Waals surface area contributed by atoms with Crippen LogP contribution in [0.15, 0.2) is 10.5 Å². The van der Waals surface area contributed by atoms with E-state index in [9.17, 15) is 5.11 Å². The lowest BCUT2D eigenvalue weighted by Crippen LogP contribution is -2.04. The van der Waals surface area contributed by atoms with Crippen LogP contribution in [0.25, 0.3) is 0 Å². The van der Waals surface area contributed by atoms with E-state index in [4.69, 9.17) is 14.2 Å². The van der Waals surface area contributed by atoms with E-state index in [1.807, 2.05) is 13.0 Å². The molecule has 0 aromatic heterocycles. The predicted octanol–water partition coefficient (Wildman–Crippen LogP) is 2.57. The molecule has 1 atom stereocenters. The molecule has 17 heavy (non-hydrogen) atoms. The molecule has 0 fully saturated rings. The maximum Gasteiger partial charge on any atom is 0.178 e. The number of aliphatic hydroxyl groups is 1. The van der Waals surface area contributed by atoms with Crippen LogP contribution in [0.2, 0.25) is 0 Å². The highest BCUT2D eigenvalue weighted by atomic mass is 79.9. The minimum atomic E-state index is -0.0407. The van der Waals surface area contributed by atoms with Gasteiger partial charge in [-0.2, -0.15) is 0 Å². The summed E-state index contributed by atoms with van der Waals surface area (Å²) in [6.45, 7) is 1.95. The summed E-state index contributed by atoms with van der Waals surface area (Å²) >= 11 is 3.43. The third-order valence-corrected chi connectivity index (χ3v) is 3.32. The molecule has 0 aliphatic carbocycles. The number of halogens is 1. The maximum atomic E-state index is 9.25. The van der Waals surface area contributed by atoms with Crippen LogP contribution < -0.4 is 14.2 Å². The van der Waals surface area contributed by atoms with Crippen LogP contribution in [-0.4, -0.2) is 33.0 Å². The molecular formula is C12H17BrO4. The lowest BCUT2D eigenvalue weighted by Gasteiger charge is -2.19. The van der Waals surface area contributed by atoms with Crippen molar-refractivity contribution in [2.24, 2.45) is 0 Å². The topological polar surface area (TPSA) is 47.9 Å². The fourth-order valence-corrected chi connectivity index (χ4v) is 2.37. The highest BCUT2D eigenvalue weighted by molar-refractivity contribution is 9.10. The van der Waals surface area contributed by atoms with E-state index >= 15 is 0 Å². The molecule has 1 aromatic carbocycles. The summed E-state index contributed by atoms with van der Waals surface area (Å²) in [5.41, 5.74) is 0.875. The Bertz CT molecular complexity index is 393. The summed E-state index contributed by atoms with van der Waals surface area (Å²) in [7, 11) is 4.72. The molecule has 0 saturated heterocycles. The minimum Gasteiger partial charge on any atom is -0.495 e. The van der Waals surface area contributed by atoms with Gasteiger partial charge in [0, 0.05) is 18.1 Å². The molecule has 1 aromatic rings. The molecule has 0 radical (unpaired) electrons. The molecule has 0 heterocycles. The van der Waals surface area contributed by atoms with Gasteiger partial charge in [0.05, 0.1) is 21.3 Å². The third-order valence-electron chi connectivity index (χ3n) is 2.60. The van der Waals surface area contributed by atoms with Gasteiger partial charge in [0.1, 0.15) is 10.2 Å². The van der Waals surface area contributed by atoms with Gasteiger partial charge in [-0.25, -0.2) is 0 Å². The number of hydrogen-bond donors (Lipinski definition) is 1. The Hall–Kier alpha value is -0.940. The van der Waals surface area contributed by atoms with Crippen LogP contribution in [-0.2, 0) is 0 Å². The van der Waals surface area contributed by atoms with Gasteiger partial charge < -0.3 is 19.3 Å². The molecule has 0 aliphatic heterocycles. The average molecular weight is 305 g/mol. The van der Waals surface area contributed by atoms with Gasteiger partial charge in [0.2, 0.25) is 0 Å². The second kappa shape index (κ2) is 6.12. The Morgan fingerprint density at radius 1 is 1.18 bits per heavy atom. The van der Waals surface area contributed by atoms with Crippen LogP contribution in [0.4, 0.5) is 0 Å². The molecule has 1 N–H and O–H groups in total. The lowest BCUT2D eigenvalue weighted by molar-refractivity contribution is 0.268. The number of methoxy groups -OCH3 is 3. The third kappa shape index (κ3) is 2.66. The molecule has 1 unspecified atom stereocenters.